The first-order chi connectivity index (χ1) is 16.2. The van der Waals surface area contributed by atoms with E-state index in [4.69, 9.17) is 0 Å². The maximum atomic E-state index is 12.9. The van der Waals surface area contributed by atoms with Crippen molar-refractivity contribution in [1.82, 2.24) is 20.0 Å². The second-order valence-corrected chi connectivity index (χ2v) is 10.6. The molecule has 2 heterocycles. The first-order valence-corrected chi connectivity index (χ1v) is 12.3. The summed E-state index contributed by atoms with van der Waals surface area (Å²) >= 11 is 1.37. The molecule has 2 amide bonds. The Morgan fingerprint density at radius 1 is 0.971 bits per heavy atom. The van der Waals surface area contributed by atoms with E-state index in [1.54, 1.807) is 0 Å². The van der Waals surface area contributed by atoms with Crippen molar-refractivity contribution in [1.29, 1.82) is 0 Å². The lowest BCUT2D eigenvalue weighted by Gasteiger charge is -2.34. The van der Waals surface area contributed by atoms with Crippen LogP contribution in [0.4, 0.5) is 5.13 Å². The quantitative estimate of drug-likeness (QED) is 0.596. The molecule has 0 aliphatic carbocycles. The van der Waals surface area contributed by atoms with E-state index < -0.39 is 0 Å². The maximum Gasteiger partial charge on any atom is 0.253 e. The minimum Gasteiger partial charge on any atom is -0.336 e. The SMILES string of the molecule is Cc1ccccc1-c1nnc(NC(=O)CN2CCN(C(=O)c3ccc(C(C)(C)C)cc3)CC2)s1. The van der Waals surface area contributed by atoms with Crippen molar-refractivity contribution in [2.75, 3.05) is 38.0 Å². The fraction of sp³-hybridized carbons (Fsp3) is 0.385. The Hall–Kier alpha value is -3.10. The van der Waals surface area contributed by atoms with E-state index in [0.717, 1.165) is 16.1 Å². The summed E-state index contributed by atoms with van der Waals surface area (Å²) in [6, 6.07) is 15.9. The normalized spacial score (nSPS) is 14.8. The number of piperazine rings is 1. The van der Waals surface area contributed by atoms with Crippen molar-refractivity contribution in [3.63, 3.8) is 0 Å². The van der Waals surface area contributed by atoms with Crippen LogP contribution >= 0.6 is 11.3 Å². The molecule has 0 spiro atoms. The Morgan fingerprint density at radius 3 is 2.29 bits per heavy atom. The summed E-state index contributed by atoms with van der Waals surface area (Å²) in [6.07, 6.45) is 0. The molecule has 178 valence electrons. The van der Waals surface area contributed by atoms with E-state index in [9.17, 15) is 9.59 Å². The predicted molar refractivity (Wildman–Crippen MR) is 136 cm³/mol. The van der Waals surface area contributed by atoms with Crippen LogP contribution in [0.5, 0.6) is 0 Å². The zero-order valence-electron chi connectivity index (χ0n) is 20.2. The van der Waals surface area contributed by atoms with Gasteiger partial charge in [0.1, 0.15) is 5.01 Å². The average molecular weight is 478 g/mol. The molecule has 0 radical (unpaired) electrons. The lowest BCUT2D eigenvalue weighted by molar-refractivity contribution is -0.117. The second kappa shape index (κ2) is 10.0. The van der Waals surface area contributed by atoms with E-state index in [-0.39, 0.29) is 23.8 Å². The van der Waals surface area contributed by atoms with E-state index in [2.05, 4.69) is 41.2 Å². The number of hydrogen-bond donors (Lipinski definition) is 1. The highest BCUT2D eigenvalue weighted by molar-refractivity contribution is 7.18. The Kier molecular flexibility index (Phi) is 7.09. The molecule has 2 aromatic carbocycles. The number of nitrogens with one attached hydrogen (secondary N) is 1. The van der Waals surface area contributed by atoms with Crippen molar-refractivity contribution in [2.45, 2.75) is 33.1 Å². The molecule has 0 atom stereocenters. The highest BCUT2D eigenvalue weighted by Gasteiger charge is 2.24. The van der Waals surface area contributed by atoms with Gasteiger partial charge < -0.3 is 4.90 Å². The van der Waals surface area contributed by atoms with Gasteiger partial charge in [-0.15, -0.1) is 10.2 Å². The Labute approximate surface area is 204 Å². The minimum absolute atomic E-state index is 0.0437. The smallest absolute Gasteiger partial charge is 0.253 e. The summed E-state index contributed by atoms with van der Waals surface area (Å²) < 4.78 is 0. The summed E-state index contributed by atoms with van der Waals surface area (Å²) in [5.74, 6) is -0.0767. The number of amides is 2. The Bertz CT molecular complexity index is 1160. The fourth-order valence-corrected chi connectivity index (χ4v) is 4.81. The Morgan fingerprint density at radius 2 is 1.65 bits per heavy atom. The first kappa shape index (κ1) is 24.0. The number of hydrogen-bond acceptors (Lipinski definition) is 6. The number of rotatable bonds is 5. The van der Waals surface area contributed by atoms with Crippen LogP contribution in [-0.2, 0) is 10.2 Å². The summed E-state index contributed by atoms with van der Waals surface area (Å²) in [4.78, 5) is 29.4. The van der Waals surface area contributed by atoms with Crippen LogP contribution in [0.3, 0.4) is 0 Å². The summed E-state index contributed by atoms with van der Waals surface area (Å²) in [7, 11) is 0. The van der Waals surface area contributed by atoms with Gasteiger partial charge in [0.2, 0.25) is 11.0 Å². The minimum atomic E-state index is -0.120. The number of anilines is 1. The first-order valence-electron chi connectivity index (χ1n) is 11.5. The molecule has 7 nitrogen and oxygen atoms in total. The van der Waals surface area contributed by atoms with Crippen LogP contribution in [0.25, 0.3) is 10.6 Å². The van der Waals surface area contributed by atoms with Gasteiger partial charge in [-0.25, -0.2) is 0 Å². The molecule has 34 heavy (non-hydrogen) atoms. The standard InChI is InChI=1S/C26H31N5O2S/c1-18-7-5-6-8-21(18)23-28-29-25(34-23)27-22(32)17-30-13-15-31(16-14-30)24(33)19-9-11-20(12-10-19)26(2,3)4/h5-12H,13-17H2,1-4H3,(H,27,29,32). The Balaban J connectivity index is 1.27. The van der Waals surface area contributed by atoms with E-state index >= 15 is 0 Å². The van der Waals surface area contributed by atoms with Crippen LogP contribution in [0.1, 0.15) is 42.3 Å². The van der Waals surface area contributed by atoms with E-state index in [1.165, 1.54) is 16.9 Å². The lowest BCUT2D eigenvalue weighted by Crippen LogP contribution is -2.50. The van der Waals surface area contributed by atoms with Crippen LogP contribution in [0, 0.1) is 6.92 Å². The van der Waals surface area contributed by atoms with Gasteiger partial charge in [-0.1, -0.05) is 68.5 Å². The van der Waals surface area contributed by atoms with Gasteiger partial charge in [-0.05, 0) is 35.6 Å². The number of carbonyl (C=O) groups excluding carboxylic acids is 2. The zero-order valence-corrected chi connectivity index (χ0v) is 21.0. The molecule has 1 fully saturated rings. The van der Waals surface area contributed by atoms with Crippen LogP contribution in [0.15, 0.2) is 48.5 Å². The zero-order chi connectivity index (χ0) is 24.3. The third-order valence-corrected chi connectivity index (χ3v) is 6.94. The molecule has 0 bridgehead atoms. The third-order valence-electron chi connectivity index (χ3n) is 6.07. The molecule has 0 unspecified atom stereocenters. The summed E-state index contributed by atoms with van der Waals surface area (Å²) in [5, 5.41) is 12.5. The van der Waals surface area contributed by atoms with Gasteiger partial charge in [0.05, 0.1) is 6.54 Å². The molecule has 1 aromatic heterocycles. The molecular formula is C26H31N5O2S. The molecule has 3 aromatic rings. The number of nitrogens with zero attached hydrogens (tertiary/aromatic N) is 4. The fourth-order valence-electron chi connectivity index (χ4n) is 3.96. The summed E-state index contributed by atoms with van der Waals surface area (Å²) in [6.45, 7) is 11.3. The van der Waals surface area contributed by atoms with Crippen molar-refractivity contribution >= 4 is 28.3 Å². The monoisotopic (exact) mass is 477 g/mol. The van der Waals surface area contributed by atoms with Crippen molar-refractivity contribution in [3.05, 3.63) is 65.2 Å². The van der Waals surface area contributed by atoms with Crippen molar-refractivity contribution in [2.24, 2.45) is 0 Å². The van der Waals surface area contributed by atoms with Gasteiger partial charge in [0.15, 0.2) is 0 Å². The molecular weight excluding hydrogens is 446 g/mol. The summed E-state index contributed by atoms with van der Waals surface area (Å²) in [5.41, 5.74) is 4.12. The van der Waals surface area contributed by atoms with E-state index in [0.29, 0.717) is 36.9 Å². The highest BCUT2D eigenvalue weighted by atomic mass is 32.1. The van der Waals surface area contributed by atoms with Gasteiger partial charge in [-0.3, -0.25) is 19.8 Å². The molecule has 8 heteroatoms. The van der Waals surface area contributed by atoms with Crippen LogP contribution in [0.2, 0.25) is 0 Å². The third kappa shape index (κ3) is 5.69. The molecule has 1 aliphatic rings. The maximum absolute atomic E-state index is 12.9. The second-order valence-electron chi connectivity index (χ2n) is 9.67. The van der Waals surface area contributed by atoms with Gasteiger partial charge in [0.25, 0.3) is 5.91 Å². The average Bonchev–Trinajstić information content (AvgIpc) is 3.27. The van der Waals surface area contributed by atoms with Crippen molar-refractivity contribution < 1.29 is 9.59 Å². The number of aromatic nitrogens is 2. The van der Waals surface area contributed by atoms with Crippen LogP contribution in [-0.4, -0.2) is 64.5 Å². The number of aryl methyl sites for hydroxylation is 1. The predicted octanol–water partition coefficient (Wildman–Crippen LogP) is 4.21. The molecule has 1 N–H and O–H groups in total. The molecule has 1 saturated heterocycles. The lowest BCUT2D eigenvalue weighted by atomic mass is 9.86. The van der Waals surface area contributed by atoms with Gasteiger partial charge in [0, 0.05) is 37.3 Å². The molecule has 1 aliphatic heterocycles. The number of benzene rings is 2. The van der Waals surface area contributed by atoms with Gasteiger partial charge in [-0.2, -0.15) is 0 Å². The van der Waals surface area contributed by atoms with Crippen LogP contribution < -0.4 is 5.32 Å². The molecule has 4 rings (SSSR count). The highest BCUT2D eigenvalue weighted by Crippen LogP contribution is 2.28. The largest absolute Gasteiger partial charge is 0.336 e. The topological polar surface area (TPSA) is 78.4 Å². The van der Waals surface area contributed by atoms with E-state index in [1.807, 2.05) is 60.4 Å². The van der Waals surface area contributed by atoms with Crippen molar-refractivity contribution in [3.8, 4) is 10.6 Å². The number of carbonyl (C=O) groups is 2. The molecule has 0 saturated carbocycles. The van der Waals surface area contributed by atoms with Gasteiger partial charge >= 0.3 is 0 Å².